The molecular weight excluding hydrogens is 1360 g/mol. The number of carboxylic acid groups (broad SMARTS) is 1. The summed E-state index contributed by atoms with van der Waals surface area (Å²) < 4.78 is 49.7. The lowest BCUT2D eigenvalue weighted by molar-refractivity contribution is -0.248. The molecular formula is C71H90ClN13O14S2. The molecule has 11 rings (SSSR count). The van der Waals surface area contributed by atoms with Crippen molar-refractivity contribution in [3.63, 3.8) is 0 Å². The maximum absolute atomic E-state index is 13.9. The van der Waals surface area contributed by atoms with Gasteiger partial charge in [-0.3, -0.25) is 38.5 Å². The smallest absolute Gasteiger partial charge is 0.410 e. The summed E-state index contributed by atoms with van der Waals surface area (Å²) in [5.74, 6) is -4.06. The number of aromatic nitrogens is 4. The standard InChI is InChI=1S/C71H90ClN13O14S2/c1-44(2)59(81-57(86)18-7-6-10-26-74-58(87)33-72)63(90)78-54(16-12-27-75-65(73)93)62(89)77-48-21-19-46(20-22-48)36-98-67(94)83(30-32-101(95,96)97)29-31-99-71-40-68(4)37-69(5,41-71)39-70(38-68,42-71)43-85-45(3)51(34-76-85)49-23-24-56(80-60(49)64(91)92)84-28-25-47-13-11-14-50(52(47)35-84)61(88)82-66-79-53-15-8-9-17-55(53)100-66/h8-9,11,13-15,17,19-24,34,44,54,59H,6-7,10,12,16,18,25-33,35-43H2,1-5H3,(H,74,87)(H,77,89)(H,78,90)(H,81,86)(H,91,92)(H3,73,75,93)(H,79,82,88)(H,95,96,97)/t54-,59?,68?,69?,70?,71?/m0/s1. The molecule has 4 bridgehead atoms. The van der Waals surface area contributed by atoms with Crippen molar-refractivity contribution >= 4 is 108 Å². The second kappa shape index (κ2) is 32.1. The van der Waals surface area contributed by atoms with Crippen molar-refractivity contribution in [1.29, 1.82) is 0 Å². The Morgan fingerprint density at radius 1 is 0.802 bits per heavy atom. The number of fused-ring (bicyclic) bond motifs is 2. The van der Waals surface area contributed by atoms with E-state index in [9.17, 15) is 56.4 Å². The van der Waals surface area contributed by atoms with E-state index in [-0.39, 0.29) is 104 Å². The first kappa shape index (κ1) is 74.9. The van der Waals surface area contributed by atoms with Crippen LogP contribution in [-0.4, -0.2) is 159 Å². The van der Waals surface area contributed by atoms with Crippen molar-refractivity contribution in [2.45, 2.75) is 155 Å². The van der Waals surface area contributed by atoms with Crippen LogP contribution in [0.2, 0.25) is 0 Å². The van der Waals surface area contributed by atoms with Gasteiger partial charge in [-0.15, -0.1) is 11.6 Å². The van der Waals surface area contributed by atoms with E-state index in [1.807, 2.05) is 59.0 Å². The Morgan fingerprint density at radius 2 is 1.54 bits per heavy atom. The Bertz CT molecular complexity index is 4140. The molecule has 101 heavy (non-hydrogen) atoms. The first-order valence-electron chi connectivity index (χ1n) is 34.2. The van der Waals surface area contributed by atoms with E-state index in [0.29, 0.717) is 97.2 Å². The molecule has 10 N–H and O–H groups in total. The number of carbonyl (C=O) groups is 8. The van der Waals surface area contributed by atoms with Crippen molar-refractivity contribution in [1.82, 2.24) is 45.9 Å². The first-order valence-corrected chi connectivity index (χ1v) is 37.1. The Kier molecular flexibility index (Phi) is 23.8. The molecule has 4 heterocycles. The van der Waals surface area contributed by atoms with Crippen molar-refractivity contribution in [3.8, 4) is 11.1 Å². The number of nitrogens with one attached hydrogen (secondary N) is 6. The highest BCUT2D eigenvalue weighted by Crippen LogP contribution is 2.72. The van der Waals surface area contributed by atoms with Gasteiger partial charge in [0, 0.05) is 80.3 Å². The van der Waals surface area contributed by atoms with Gasteiger partial charge in [-0.05, 0) is 159 Å². The fraction of sp³-hybridized carbons (Fsp3) is 0.507. The number of thiazole rings is 1. The fourth-order valence-corrected chi connectivity index (χ4v) is 17.6. The number of anilines is 3. The number of hydrogen-bond donors (Lipinski definition) is 9. The molecule has 4 saturated carbocycles. The fourth-order valence-electron chi connectivity index (χ4n) is 16.2. The van der Waals surface area contributed by atoms with Gasteiger partial charge in [-0.1, -0.05) is 81.9 Å². The van der Waals surface area contributed by atoms with Crippen molar-refractivity contribution in [2.24, 2.45) is 27.9 Å². The highest BCUT2D eigenvalue weighted by molar-refractivity contribution is 7.85. The topological polar surface area (TPSA) is 378 Å². The third-order valence-electron chi connectivity index (χ3n) is 19.6. The van der Waals surface area contributed by atoms with Crippen molar-refractivity contribution < 1.29 is 65.9 Å². The zero-order valence-corrected chi connectivity index (χ0v) is 59.9. The molecule has 3 aromatic heterocycles. The van der Waals surface area contributed by atoms with Crippen LogP contribution in [0.5, 0.6) is 0 Å². The number of amides is 8. The van der Waals surface area contributed by atoms with Crippen LogP contribution in [0.3, 0.4) is 0 Å². The molecule has 3 aromatic carbocycles. The zero-order valence-electron chi connectivity index (χ0n) is 57.5. The number of aromatic carboxylic acids is 1. The van der Waals surface area contributed by atoms with Gasteiger partial charge in [0.05, 0.1) is 34.4 Å². The molecule has 8 amide bonds. The summed E-state index contributed by atoms with van der Waals surface area (Å²) in [5.41, 5.74) is 9.86. The highest BCUT2D eigenvalue weighted by atomic mass is 35.5. The van der Waals surface area contributed by atoms with Gasteiger partial charge < -0.3 is 56.7 Å². The summed E-state index contributed by atoms with van der Waals surface area (Å²) in [6.07, 6.45) is 8.75. The van der Waals surface area contributed by atoms with Gasteiger partial charge in [-0.25, -0.2) is 24.4 Å². The predicted octanol–water partition coefficient (Wildman–Crippen LogP) is 8.97. The Labute approximate surface area is 595 Å². The number of hydrogen-bond acceptors (Lipinski definition) is 17. The second-order valence-corrected chi connectivity index (χ2v) is 31.4. The molecule has 0 spiro atoms. The maximum Gasteiger partial charge on any atom is 0.410 e. The van der Waals surface area contributed by atoms with Gasteiger partial charge in [0.1, 0.15) is 30.4 Å². The number of carbonyl (C=O) groups excluding carboxylic acids is 7. The Hall–Kier alpha value is -8.77. The van der Waals surface area contributed by atoms with Crippen LogP contribution in [0.4, 0.5) is 26.2 Å². The largest absolute Gasteiger partial charge is 0.476 e. The van der Waals surface area contributed by atoms with Crippen LogP contribution in [0, 0.1) is 29.1 Å². The zero-order chi connectivity index (χ0) is 72.4. The number of ether oxygens (including phenoxy) is 2. The lowest BCUT2D eigenvalue weighted by atomic mass is 9.39. The summed E-state index contributed by atoms with van der Waals surface area (Å²) in [7, 11) is -4.51. The van der Waals surface area contributed by atoms with Gasteiger partial charge in [0.15, 0.2) is 10.8 Å². The normalized spacial score (nSPS) is 20.3. The van der Waals surface area contributed by atoms with Crippen LogP contribution in [-0.2, 0) is 64.9 Å². The molecule has 0 radical (unpaired) electrons. The predicted molar refractivity (Wildman–Crippen MR) is 382 cm³/mol. The number of rotatable bonds is 33. The summed E-state index contributed by atoms with van der Waals surface area (Å²) in [6.45, 7) is 11.3. The molecule has 542 valence electrons. The van der Waals surface area contributed by atoms with Crippen LogP contribution in [0.25, 0.3) is 21.3 Å². The molecule has 30 heteroatoms. The third-order valence-corrected chi connectivity index (χ3v) is 21.5. The number of unbranched alkanes of at least 4 members (excludes halogenated alkanes) is 2. The van der Waals surface area contributed by atoms with E-state index in [1.165, 1.54) is 16.2 Å². The van der Waals surface area contributed by atoms with Crippen molar-refractivity contribution in [3.05, 3.63) is 119 Å². The van der Waals surface area contributed by atoms with Crippen LogP contribution >= 0.6 is 22.9 Å². The number of para-hydroxylation sites is 1. The monoisotopic (exact) mass is 1450 g/mol. The molecule has 1 aliphatic heterocycles. The minimum Gasteiger partial charge on any atom is -0.476 e. The molecule has 3 unspecified atom stereocenters. The minimum absolute atomic E-state index is 0.0324. The van der Waals surface area contributed by atoms with Crippen LogP contribution in [0.15, 0.2) is 85.1 Å². The number of halogens is 1. The number of pyridine rings is 1. The summed E-state index contributed by atoms with van der Waals surface area (Å²) in [6, 6.07) is 20.5. The average molecular weight is 1450 g/mol. The molecule has 6 aromatic rings. The molecule has 27 nitrogen and oxygen atoms in total. The highest BCUT2D eigenvalue weighted by Gasteiger charge is 2.66. The number of benzene rings is 3. The second-order valence-electron chi connectivity index (χ2n) is 28.5. The van der Waals surface area contributed by atoms with E-state index >= 15 is 0 Å². The van der Waals surface area contributed by atoms with E-state index in [0.717, 1.165) is 59.1 Å². The molecule has 4 aliphatic carbocycles. The van der Waals surface area contributed by atoms with Crippen LogP contribution < -0.4 is 42.5 Å². The number of urea groups is 1. The van der Waals surface area contributed by atoms with E-state index < -0.39 is 63.5 Å². The maximum atomic E-state index is 13.9. The molecule has 5 aliphatic rings. The quantitative estimate of drug-likeness (QED) is 0.0105. The SMILES string of the molecule is Cc1c(-c2ccc(N3CCc4cccc(C(=O)Nc5nc6ccccc6s5)c4C3)nc2C(=O)O)cnn1CC12CC3(C)CC(C)(C1)CC(OCCN(CCS(=O)(=O)O)C(=O)OCc1ccc(NC(=O)[C@H](CCCNC(N)=O)NC(=O)C(NC(=O)CCCCCNC(=O)CCl)C(C)C)cc1)(C3)C2. The lowest BCUT2D eigenvalue weighted by Gasteiger charge is -2.69. The number of primary amides is 1. The molecule has 0 saturated heterocycles. The summed E-state index contributed by atoms with van der Waals surface area (Å²) >= 11 is 6.92. The number of nitrogens with zero attached hydrogens (tertiary/aromatic N) is 6. The van der Waals surface area contributed by atoms with Crippen molar-refractivity contribution in [2.75, 3.05) is 66.5 Å². The van der Waals surface area contributed by atoms with E-state index in [4.69, 9.17) is 36.9 Å². The first-order chi connectivity index (χ1) is 48.0. The van der Waals surface area contributed by atoms with E-state index in [1.54, 1.807) is 56.4 Å². The van der Waals surface area contributed by atoms with Gasteiger partial charge in [-0.2, -0.15) is 13.5 Å². The van der Waals surface area contributed by atoms with E-state index in [2.05, 4.69) is 50.7 Å². The van der Waals surface area contributed by atoms with Gasteiger partial charge >= 0.3 is 18.1 Å². The number of carboxylic acids is 1. The Morgan fingerprint density at radius 3 is 2.25 bits per heavy atom. The molecule has 4 atom stereocenters. The number of nitrogens with two attached hydrogens (primary N) is 1. The third kappa shape index (κ3) is 19.3. The van der Waals surface area contributed by atoms with Gasteiger partial charge in [0.25, 0.3) is 16.0 Å². The van der Waals surface area contributed by atoms with Gasteiger partial charge in [0.2, 0.25) is 23.6 Å². The van der Waals surface area contributed by atoms with Crippen LogP contribution in [0.1, 0.15) is 148 Å². The average Bonchev–Trinajstić information content (AvgIpc) is 0.834. The minimum atomic E-state index is -4.51. The summed E-state index contributed by atoms with van der Waals surface area (Å²) in [5, 5.41) is 32.6. The molecule has 4 fully saturated rings. The lowest BCUT2D eigenvalue weighted by Crippen LogP contribution is -2.64. The summed E-state index contributed by atoms with van der Waals surface area (Å²) in [4.78, 5) is 117. The Balaban J connectivity index is 0.753. The number of alkyl halides is 1.